The highest BCUT2D eigenvalue weighted by atomic mass is 16.7. The van der Waals surface area contributed by atoms with Crippen LogP contribution in [0.3, 0.4) is 0 Å². The summed E-state index contributed by atoms with van der Waals surface area (Å²) in [4.78, 5) is 24.5. The minimum absolute atomic E-state index is 0.0582. The van der Waals surface area contributed by atoms with Gasteiger partial charge < -0.3 is 34.3 Å². The van der Waals surface area contributed by atoms with Gasteiger partial charge in [-0.05, 0) is 12.1 Å². The molecule has 4 N–H and O–H groups in total. The first kappa shape index (κ1) is 16.6. The van der Waals surface area contributed by atoms with Gasteiger partial charge in [-0.15, -0.1) is 0 Å². The summed E-state index contributed by atoms with van der Waals surface area (Å²) in [5, 5.41) is 38.8. The van der Waals surface area contributed by atoms with Gasteiger partial charge in [0.05, 0.1) is 5.56 Å². The van der Waals surface area contributed by atoms with Gasteiger partial charge in [-0.1, -0.05) is 0 Å². The van der Waals surface area contributed by atoms with Crippen LogP contribution in [0.4, 0.5) is 0 Å². The summed E-state index contributed by atoms with van der Waals surface area (Å²) in [6, 6.07) is 4.89. The number of rotatable bonds is 1. The molecule has 9 heteroatoms. The van der Waals surface area contributed by atoms with Crippen LogP contribution < -0.4 is 10.2 Å². The number of carbonyl (C=O) groups is 1. The molecule has 3 aromatic rings. The predicted molar refractivity (Wildman–Crippen MR) is 89.7 cm³/mol. The van der Waals surface area contributed by atoms with E-state index in [1.165, 1.54) is 18.2 Å². The van der Waals surface area contributed by atoms with Gasteiger partial charge in [-0.3, -0.25) is 9.59 Å². The van der Waals surface area contributed by atoms with Gasteiger partial charge in [0.1, 0.15) is 22.5 Å². The van der Waals surface area contributed by atoms with E-state index in [0.29, 0.717) is 0 Å². The highest BCUT2D eigenvalue weighted by Gasteiger charge is 2.35. The molecule has 0 radical (unpaired) electrons. The maximum Gasteiger partial charge on any atom is 0.306 e. The van der Waals surface area contributed by atoms with Crippen LogP contribution in [0.1, 0.15) is 19.0 Å². The third kappa shape index (κ3) is 2.40. The van der Waals surface area contributed by atoms with Crippen LogP contribution in [-0.4, -0.2) is 26.4 Å². The fraction of sp³-hybridized carbons (Fsp3) is 0.111. The molecule has 0 fully saturated rings. The van der Waals surface area contributed by atoms with Crippen molar-refractivity contribution in [1.29, 1.82) is 0 Å². The van der Waals surface area contributed by atoms with E-state index in [1.54, 1.807) is 0 Å². The fourth-order valence-electron chi connectivity index (χ4n) is 2.96. The summed E-state index contributed by atoms with van der Waals surface area (Å²) in [6.07, 6.45) is -1.43. The zero-order valence-corrected chi connectivity index (χ0v) is 13.7. The van der Waals surface area contributed by atoms with Crippen LogP contribution in [0.15, 0.2) is 33.5 Å². The number of hydrogen-bond acceptors (Lipinski definition) is 9. The minimum Gasteiger partial charge on any atom is -0.508 e. The Morgan fingerprint density at radius 2 is 1.85 bits per heavy atom. The van der Waals surface area contributed by atoms with Crippen LogP contribution in [0.25, 0.3) is 22.1 Å². The van der Waals surface area contributed by atoms with E-state index in [2.05, 4.69) is 0 Å². The second kappa shape index (κ2) is 5.56. The highest BCUT2D eigenvalue weighted by molar-refractivity contribution is 5.92. The lowest BCUT2D eigenvalue weighted by Crippen LogP contribution is -2.23. The first-order valence-corrected chi connectivity index (χ1v) is 7.69. The lowest BCUT2D eigenvalue weighted by Gasteiger charge is -2.26. The molecule has 0 saturated carbocycles. The van der Waals surface area contributed by atoms with Crippen LogP contribution in [0, 0.1) is 0 Å². The number of aromatic hydroxyl groups is 4. The van der Waals surface area contributed by atoms with E-state index in [0.717, 1.165) is 13.0 Å². The molecular formula is C18H12O9. The first-order chi connectivity index (χ1) is 12.8. The van der Waals surface area contributed by atoms with Crippen LogP contribution in [0.5, 0.6) is 28.7 Å². The van der Waals surface area contributed by atoms with Gasteiger partial charge in [0.15, 0.2) is 17.3 Å². The van der Waals surface area contributed by atoms with E-state index < -0.39 is 34.9 Å². The number of phenols is 4. The van der Waals surface area contributed by atoms with Gasteiger partial charge in [0.2, 0.25) is 11.2 Å². The Hall–Kier alpha value is -3.88. The Kier molecular flexibility index (Phi) is 3.42. The molecule has 0 saturated heterocycles. The maximum atomic E-state index is 13.1. The summed E-state index contributed by atoms with van der Waals surface area (Å²) in [7, 11) is 0. The SMILES string of the molecule is CC(=O)O[C@H]1Oc2cc(O)ccc2-c2c1oc1cc(O)c(O)c(O)c1c2=O. The normalized spacial score (nSPS) is 14.9. The number of hydrogen-bond donors (Lipinski definition) is 4. The average molecular weight is 372 g/mol. The zero-order valence-electron chi connectivity index (χ0n) is 13.7. The van der Waals surface area contributed by atoms with E-state index in [1.807, 2.05) is 0 Å². The third-order valence-corrected chi connectivity index (χ3v) is 4.09. The number of benzene rings is 2. The number of fused-ring (bicyclic) bond motifs is 4. The van der Waals surface area contributed by atoms with Crippen molar-refractivity contribution in [3.63, 3.8) is 0 Å². The summed E-state index contributed by atoms with van der Waals surface area (Å²) in [5.74, 6) is -3.38. The maximum absolute atomic E-state index is 13.1. The molecule has 1 aliphatic rings. The first-order valence-electron chi connectivity index (χ1n) is 7.69. The second-order valence-corrected chi connectivity index (χ2v) is 5.88. The van der Waals surface area contributed by atoms with Gasteiger partial charge in [0, 0.05) is 24.6 Å². The number of phenolic OH excluding ortho intramolecular Hbond substituents is 4. The lowest BCUT2D eigenvalue weighted by atomic mass is 9.98. The number of ether oxygens (including phenoxy) is 2. The minimum atomic E-state index is -1.43. The van der Waals surface area contributed by atoms with E-state index in [-0.39, 0.29) is 39.4 Å². The predicted octanol–water partition coefficient (Wildman–Crippen LogP) is 2.24. The number of esters is 1. The van der Waals surface area contributed by atoms with Crippen molar-refractivity contribution in [1.82, 2.24) is 0 Å². The molecule has 27 heavy (non-hydrogen) atoms. The Morgan fingerprint density at radius 3 is 2.56 bits per heavy atom. The average Bonchev–Trinajstić information content (AvgIpc) is 2.59. The molecule has 0 amide bonds. The van der Waals surface area contributed by atoms with E-state index in [4.69, 9.17) is 13.9 Å². The van der Waals surface area contributed by atoms with Crippen LogP contribution in [-0.2, 0) is 9.53 Å². The van der Waals surface area contributed by atoms with Crippen molar-refractivity contribution in [3.05, 3.63) is 40.2 Å². The molecule has 0 bridgehead atoms. The van der Waals surface area contributed by atoms with Gasteiger partial charge in [-0.25, -0.2) is 0 Å². The van der Waals surface area contributed by atoms with Crippen molar-refractivity contribution in [3.8, 4) is 39.9 Å². The molecule has 0 spiro atoms. The van der Waals surface area contributed by atoms with Gasteiger partial charge in [0.25, 0.3) is 0 Å². The van der Waals surface area contributed by atoms with Crippen LogP contribution in [0.2, 0.25) is 0 Å². The summed E-state index contributed by atoms with van der Waals surface area (Å²) in [5.41, 5.74) is -0.829. The van der Waals surface area contributed by atoms with E-state index >= 15 is 0 Å². The molecule has 2 heterocycles. The van der Waals surface area contributed by atoms with Crippen molar-refractivity contribution in [2.24, 2.45) is 0 Å². The Labute approximate surface area is 150 Å². The smallest absolute Gasteiger partial charge is 0.306 e. The van der Waals surface area contributed by atoms with Crippen molar-refractivity contribution in [2.75, 3.05) is 0 Å². The molecular weight excluding hydrogens is 360 g/mol. The fourth-order valence-corrected chi connectivity index (χ4v) is 2.96. The Balaban J connectivity index is 2.12. The topological polar surface area (TPSA) is 147 Å². The van der Waals surface area contributed by atoms with Crippen molar-refractivity contribution >= 4 is 16.9 Å². The quantitative estimate of drug-likeness (QED) is 0.373. The summed E-state index contributed by atoms with van der Waals surface area (Å²) >= 11 is 0. The van der Waals surface area contributed by atoms with Crippen LogP contribution >= 0.6 is 0 Å². The molecule has 9 nitrogen and oxygen atoms in total. The number of carbonyl (C=O) groups excluding carboxylic acids is 1. The van der Waals surface area contributed by atoms with Crippen molar-refractivity contribution < 1.29 is 39.1 Å². The Morgan fingerprint density at radius 1 is 1.11 bits per heavy atom. The molecule has 2 aromatic carbocycles. The lowest BCUT2D eigenvalue weighted by molar-refractivity contribution is -0.164. The molecule has 1 aliphatic heterocycles. The molecule has 1 atom stereocenters. The van der Waals surface area contributed by atoms with Gasteiger partial charge >= 0.3 is 12.3 Å². The molecule has 138 valence electrons. The zero-order chi connectivity index (χ0) is 19.5. The molecule has 0 unspecified atom stereocenters. The van der Waals surface area contributed by atoms with Crippen molar-refractivity contribution in [2.45, 2.75) is 13.2 Å². The largest absolute Gasteiger partial charge is 0.508 e. The highest BCUT2D eigenvalue weighted by Crippen LogP contribution is 2.46. The van der Waals surface area contributed by atoms with Gasteiger partial charge in [-0.2, -0.15) is 0 Å². The second-order valence-electron chi connectivity index (χ2n) is 5.88. The molecule has 1 aromatic heterocycles. The standard InChI is InChI=1S/C18H12O9/c1-6(19)25-18-17-12(8-3-2-7(20)4-10(8)27-18)15(23)13-11(26-17)5-9(21)14(22)16(13)24/h2-5,18,20-22,24H,1H3/t18-/m0/s1. The monoisotopic (exact) mass is 372 g/mol. The Bertz CT molecular complexity index is 1180. The molecule has 0 aliphatic carbocycles. The van der Waals surface area contributed by atoms with E-state index in [9.17, 15) is 30.0 Å². The third-order valence-electron chi connectivity index (χ3n) is 4.09. The summed E-state index contributed by atoms with van der Waals surface area (Å²) in [6.45, 7) is 1.13. The molecule has 4 rings (SSSR count). The summed E-state index contributed by atoms with van der Waals surface area (Å²) < 4.78 is 16.2.